The Morgan fingerprint density at radius 2 is 1.79 bits per heavy atom. The molecule has 82 valence electrons. The Labute approximate surface area is 83.1 Å². The molecule has 0 aromatic heterocycles. The second-order valence-electron chi connectivity index (χ2n) is 4.65. The third-order valence-electron chi connectivity index (χ3n) is 1.74. The lowest BCUT2D eigenvalue weighted by molar-refractivity contribution is -0.546. The summed E-state index contributed by atoms with van der Waals surface area (Å²) in [5.74, 6) is -0.340. The van der Waals surface area contributed by atoms with Gasteiger partial charge in [-0.05, 0) is 27.7 Å². The average molecular weight is 204 g/mol. The Hall–Kier alpha value is -0.650. The van der Waals surface area contributed by atoms with E-state index in [0.717, 1.165) is 0 Å². The number of hydrogen-bond acceptors (Lipinski definition) is 5. The largest absolute Gasteiger partial charge is 0.459 e. The highest BCUT2D eigenvalue weighted by Crippen LogP contribution is 2.26. The topological polar surface area (TPSA) is 54.0 Å². The average Bonchev–Trinajstić information content (AvgIpc) is 2.02. The van der Waals surface area contributed by atoms with E-state index in [9.17, 15) is 4.79 Å². The Bertz CT molecular complexity index is 212. The molecule has 0 unspecified atom stereocenters. The summed E-state index contributed by atoms with van der Waals surface area (Å²) >= 11 is 0. The molecule has 0 radical (unpaired) electrons. The molecule has 1 aliphatic rings. The zero-order chi connectivity index (χ0) is 10.8. The predicted molar refractivity (Wildman–Crippen MR) is 46.9 cm³/mol. The van der Waals surface area contributed by atoms with Crippen LogP contribution in [0.5, 0.6) is 0 Å². The number of rotatable bonds is 1. The summed E-state index contributed by atoms with van der Waals surface area (Å²) < 4.78 is 5.23. The minimum absolute atomic E-state index is 0.141. The highest BCUT2D eigenvalue weighted by Gasteiger charge is 2.41. The lowest BCUT2D eigenvalue weighted by Gasteiger charge is -2.31. The fraction of sp³-hybridized carbons (Fsp3) is 0.889. The quantitative estimate of drug-likeness (QED) is 0.475. The number of esters is 1. The Morgan fingerprint density at radius 3 is 2.21 bits per heavy atom. The van der Waals surface area contributed by atoms with Crippen LogP contribution < -0.4 is 0 Å². The van der Waals surface area contributed by atoms with Crippen molar-refractivity contribution in [2.24, 2.45) is 5.41 Å². The van der Waals surface area contributed by atoms with Gasteiger partial charge in [0, 0.05) is 0 Å². The summed E-state index contributed by atoms with van der Waals surface area (Å²) in [5.41, 5.74) is -1.29. The van der Waals surface area contributed by atoms with Gasteiger partial charge < -0.3 is 4.74 Å². The lowest BCUT2D eigenvalue weighted by atomic mass is 9.93. The summed E-state index contributed by atoms with van der Waals surface area (Å²) in [6.07, 6.45) is 0. The maximum absolute atomic E-state index is 11.7. The van der Waals surface area contributed by atoms with E-state index in [0.29, 0.717) is 0 Å². The zero-order valence-corrected chi connectivity index (χ0v) is 8.96. The van der Waals surface area contributed by atoms with Crippen LogP contribution in [0.4, 0.5) is 0 Å². The van der Waals surface area contributed by atoms with Crippen molar-refractivity contribution >= 4 is 5.97 Å². The van der Waals surface area contributed by atoms with Gasteiger partial charge in [0.25, 0.3) is 0 Å². The third kappa shape index (κ3) is 2.94. The highest BCUT2D eigenvalue weighted by molar-refractivity contribution is 5.77. The monoisotopic (exact) mass is 204 g/mol. The molecule has 0 bridgehead atoms. The van der Waals surface area contributed by atoms with Crippen LogP contribution in [0.1, 0.15) is 27.7 Å². The summed E-state index contributed by atoms with van der Waals surface area (Å²) in [7, 11) is 0. The van der Waals surface area contributed by atoms with Crippen molar-refractivity contribution in [3.63, 3.8) is 0 Å². The fourth-order valence-corrected chi connectivity index (χ4v) is 0.903. The van der Waals surface area contributed by atoms with E-state index in [1.54, 1.807) is 6.92 Å². The molecule has 1 aliphatic heterocycles. The van der Waals surface area contributed by atoms with Crippen LogP contribution in [0.25, 0.3) is 0 Å². The Morgan fingerprint density at radius 1 is 1.29 bits per heavy atom. The summed E-state index contributed by atoms with van der Waals surface area (Å²) in [5, 5.41) is 4.24. The minimum Gasteiger partial charge on any atom is -0.459 e. The lowest BCUT2D eigenvalue weighted by Crippen LogP contribution is -2.44. The maximum atomic E-state index is 11.7. The molecular formula is C9H16O5. The highest BCUT2D eigenvalue weighted by atomic mass is 17.5. The van der Waals surface area contributed by atoms with Crippen LogP contribution in [0, 0.1) is 5.41 Å². The standard InChI is InChI=1S/C9H16O5/c1-8(2,3)13-7(10)9(4)5-11-14-12-6-9/h5-6H2,1-4H3. The third-order valence-corrected chi connectivity index (χ3v) is 1.74. The molecule has 0 amide bonds. The first-order valence-corrected chi connectivity index (χ1v) is 4.48. The second-order valence-corrected chi connectivity index (χ2v) is 4.65. The summed E-state index contributed by atoms with van der Waals surface area (Å²) in [4.78, 5) is 20.9. The fourth-order valence-electron chi connectivity index (χ4n) is 0.903. The van der Waals surface area contributed by atoms with Crippen molar-refractivity contribution in [2.45, 2.75) is 33.3 Å². The second kappa shape index (κ2) is 3.84. The van der Waals surface area contributed by atoms with Gasteiger partial charge in [-0.2, -0.15) is 0 Å². The van der Waals surface area contributed by atoms with Crippen LogP contribution >= 0.6 is 0 Å². The van der Waals surface area contributed by atoms with Crippen LogP contribution in [-0.2, 0) is 24.3 Å². The van der Waals surface area contributed by atoms with Crippen LogP contribution in [-0.4, -0.2) is 24.8 Å². The van der Waals surface area contributed by atoms with Crippen molar-refractivity contribution in [1.29, 1.82) is 0 Å². The van der Waals surface area contributed by atoms with Gasteiger partial charge in [-0.25, -0.2) is 9.78 Å². The SMILES string of the molecule is CC(C)(C)OC(=O)C1(C)COOOC1. The Balaban J connectivity index is 2.58. The number of hydrogen-bond donors (Lipinski definition) is 0. The molecule has 1 saturated heterocycles. The predicted octanol–water partition coefficient (Wildman–Crippen LogP) is 1.23. The Kier molecular flexibility index (Phi) is 3.14. The number of carbonyl (C=O) groups is 1. The molecule has 0 aliphatic carbocycles. The molecule has 5 nitrogen and oxygen atoms in total. The molecule has 14 heavy (non-hydrogen) atoms. The molecule has 5 heteroatoms. The molecule has 0 aromatic carbocycles. The summed E-state index contributed by atoms with van der Waals surface area (Å²) in [6.45, 7) is 7.44. The van der Waals surface area contributed by atoms with Gasteiger partial charge in [-0.15, -0.1) is 0 Å². The molecule has 1 rings (SSSR count). The van der Waals surface area contributed by atoms with Crippen molar-refractivity contribution in [1.82, 2.24) is 0 Å². The van der Waals surface area contributed by atoms with Gasteiger partial charge in [0.05, 0.1) is 0 Å². The van der Waals surface area contributed by atoms with E-state index in [1.807, 2.05) is 20.8 Å². The van der Waals surface area contributed by atoms with E-state index in [4.69, 9.17) is 4.74 Å². The van der Waals surface area contributed by atoms with E-state index < -0.39 is 11.0 Å². The van der Waals surface area contributed by atoms with Crippen molar-refractivity contribution in [2.75, 3.05) is 13.2 Å². The zero-order valence-electron chi connectivity index (χ0n) is 8.96. The van der Waals surface area contributed by atoms with Crippen LogP contribution in [0.15, 0.2) is 0 Å². The van der Waals surface area contributed by atoms with Crippen LogP contribution in [0.2, 0.25) is 0 Å². The van der Waals surface area contributed by atoms with Gasteiger partial charge in [-0.1, -0.05) is 5.04 Å². The van der Waals surface area contributed by atoms with E-state index in [2.05, 4.69) is 14.8 Å². The van der Waals surface area contributed by atoms with Crippen molar-refractivity contribution in [3.05, 3.63) is 0 Å². The van der Waals surface area contributed by atoms with Gasteiger partial charge in [0.2, 0.25) is 0 Å². The first-order valence-electron chi connectivity index (χ1n) is 4.48. The van der Waals surface area contributed by atoms with Crippen LogP contribution in [0.3, 0.4) is 0 Å². The van der Waals surface area contributed by atoms with Gasteiger partial charge in [0.1, 0.15) is 24.2 Å². The molecule has 1 fully saturated rings. The van der Waals surface area contributed by atoms with Gasteiger partial charge in [-0.3, -0.25) is 4.79 Å². The molecule has 0 atom stereocenters. The smallest absolute Gasteiger partial charge is 0.317 e. The molecule has 0 aromatic rings. The van der Waals surface area contributed by atoms with E-state index in [-0.39, 0.29) is 19.2 Å². The van der Waals surface area contributed by atoms with E-state index in [1.165, 1.54) is 0 Å². The van der Waals surface area contributed by atoms with Crippen molar-refractivity contribution in [3.8, 4) is 0 Å². The number of carbonyl (C=O) groups excluding carboxylic acids is 1. The molecular weight excluding hydrogens is 188 g/mol. The normalized spacial score (nSPS) is 21.7. The first kappa shape index (κ1) is 11.4. The first-order chi connectivity index (χ1) is 6.33. The molecule has 0 N–H and O–H groups in total. The molecule has 0 spiro atoms. The molecule has 1 heterocycles. The molecule has 0 saturated carbocycles. The maximum Gasteiger partial charge on any atom is 0.317 e. The minimum atomic E-state index is -0.786. The van der Waals surface area contributed by atoms with Gasteiger partial charge in [0.15, 0.2) is 0 Å². The van der Waals surface area contributed by atoms with E-state index >= 15 is 0 Å². The van der Waals surface area contributed by atoms with Crippen molar-refractivity contribution < 1.29 is 24.3 Å². The van der Waals surface area contributed by atoms with Gasteiger partial charge >= 0.3 is 5.97 Å². The summed E-state index contributed by atoms with van der Waals surface area (Å²) in [6, 6.07) is 0. The number of ether oxygens (including phenoxy) is 1.